The van der Waals surface area contributed by atoms with Gasteiger partial charge < -0.3 is 4.42 Å². The van der Waals surface area contributed by atoms with Gasteiger partial charge in [0.2, 0.25) is 0 Å². The van der Waals surface area contributed by atoms with E-state index in [1.54, 1.807) is 0 Å². The van der Waals surface area contributed by atoms with Crippen LogP contribution in [0.1, 0.15) is 0 Å². The fraction of sp³-hybridized carbons (Fsp3) is 0. The summed E-state index contributed by atoms with van der Waals surface area (Å²) in [6, 6.07) is 65.2. The largest absolute Gasteiger partial charge is 0.455 e. The average Bonchev–Trinajstić information content (AvgIpc) is 3.63. The summed E-state index contributed by atoms with van der Waals surface area (Å²) in [5, 5.41) is 4.49. The van der Waals surface area contributed by atoms with Gasteiger partial charge in [-0.2, -0.15) is 0 Å². The second-order valence-electron chi connectivity index (χ2n) is 13.2. The first-order valence-electron chi connectivity index (χ1n) is 17.8. The maximum atomic E-state index is 6.62. The summed E-state index contributed by atoms with van der Waals surface area (Å²) < 4.78 is 6.62. The molecule has 4 heteroatoms. The molecule has 0 saturated heterocycles. The Morgan fingerprint density at radius 2 is 0.774 bits per heavy atom. The number of benzene rings is 8. The van der Waals surface area contributed by atoms with Crippen molar-refractivity contribution >= 4 is 32.7 Å². The summed E-state index contributed by atoms with van der Waals surface area (Å²) in [6.45, 7) is 0. The Hall–Kier alpha value is -7.17. The van der Waals surface area contributed by atoms with Crippen molar-refractivity contribution in [3.63, 3.8) is 0 Å². The Morgan fingerprint density at radius 3 is 1.42 bits per heavy atom. The molecule has 2 aromatic heterocycles. The van der Waals surface area contributed by atoms with Gasteiger partial charge in [0.15, 0.2) is 17.5 Å². The van der Waals surface area contributed by atoms with Gasteiger partial charge in [-0.05, 0) is 63.0 Å². The van der Waals surface area contributed by atoms with E-state index in [1.807, 2.05) is 60.7 Å². The number of nitrogens with zero attached hydrogens (tertiary/aromatic N) is 3. The molecule has 0 atom stereocenters. The van der Waals surface area contributed by atoms with E-state index in [2.05, 4.69) is 127 Å². The van der Waals surface area contributed by atoms with E-state index in [9.17, 15) is 0 Å². The van der Waals surface area contributed by atoms with Crippen molar-refractivity contribution in [1.82, 2.24) is 15.0 Å². The van der Waals surface area contributed by atoms with Gasteiger partial charge in [-0.3, -0.25) is 0 Å². The Kier molecular flexibility index (Phi) is 7.43. The molecule has 0 N–H and O–H groups in total. The van der Waals surface area contributed by atoms with Crippen molar-refractivity contribution in [1.29, 1.82) is 0 Å². The van der Waals surface area contributed by atoms with E-state index in [0.717, 1.165) is 77.2 Å². The van der Waals surface area contributed by atoms with Crippen molar-refractivity contribution in [2.45, 2.75) is 0 Å². The normalized spacial score (nSPS) is 11.4. The molecular formula is C49H31N3O. The summed E-state index contributed by atoms with van der Waals surface area (Å²) >= 11 is 0. The van der Waals surface area contributed by atoms with Gasteiger partial charge in [0, 0.05) is 32.8 Å². The molecule has 0 aliphatic carbocycles. The molecule has 0 saturated carbocycles. The van der Waals surface area contributed by atoms with E-state index >= 15 is 0 Å². The fourth-order valence-electron chi connectivity index (χ4n) is 7.39. The summed E-state index contributed by atoms with van der Waals surface area (Å²) in [6.07, 6.45) is 0. The molecule has 2 heterocycles. The van der Waals surface area contributed by atoms with Crippen molar-refractivity contribution in [3.8, 4) is 67.5 Å². The second kappa shape index (κ2) is 12.9. The first-order valence-corrected chi connectivity index (χ1v) is 17.8. The van der Waals surface area contributed by atoms with Crippen LogP contribution in [0, 0.1) is 0 Å². The van der Waals surface area contributed by atoms with Gasteiger partial charge in [0.05, 0.1) is 0 Å². The van der Waals surface area contributed by atoms with E-state index < -0.39 is 0 Å². The Labute approximate surface area is 306 Å². The third-order valence-electron chi connectivity index (χ3n) is 9.91. The van der Waals surface area contributed by atoms with Crippen LogP contribution < -0.4 is 0 Å². The first-order chi connectivity index (χ1) is 26.3. The molecule has 0 fully saturated rings. The van der Waals surface area contributed by atoms with Crippen LogP contribution in [0.2, 0.25) is 0 Å². The molecule has 0 amide bonds. The van der Waals surface area contributed by atoms with Gasteiger partial charge in [-0.15, -0.1) is 0 Å². The van der Waals surface area contributed by atoms with Gasteiger partial charge in [-0.25, -0.2) is 15.0 Å². The third kappa shape index (κ3) is 5.54. The zero-order valence-electron chi connectivity index (χ0n) is 28.6. The molecule has 53 heavy (non-hydrogen) atoms. The Morgan fingerprint density at radius 1 is 0.302 bits per heavy atom. The summed E-state index contributed by atoms with van der Waals surface area (Å²) in [5.41, 5.74) is 11.4. The number of aromatic nitrogens is 3. The maximum Gasteiger partial charge on any atom is 0.164 e. The third-order valence-corrected chi connectivity index (χ3v) is 9.91. The van der Waals surface area contributed by atoms with Crippen LogP contribution in [0.4, 0.5) is 0 Å². The van der Waals surface area contributed by atoms with Crippen molar-refractivity contribution in [3.05, 3.63) is 188 Å². The topological polar surface area (TPSA) is 51.8 Å². The summed E-state index contributed by atoms with van der Waals surface area (Å²) in [4.78, 5) is 14.8. The van der Waals surface area contributed by atoms with Crippen LogP contribution >= 0.6 is 0 Å². The number of hydrogen-bond donors (Lipinski definition) is 0. The van der Waals surface area contributed by atoms with Crippen LogP contribution in [-0.4, -0.2) is 15.0 Å². The molecule has 10 aromatic rings. The van der Waals surface area contributed by atoms with Crippen LogP contribution in [0.3, 0.4) is 0 Å². The predicted octanol–water partition coefficient (Wildman–Crippen LogP) is 12.9. The zero-order valence-corrected chi connectivity index (χ0v) is 28.6. The van der Waals surface area contributed by atoms with E-state index in [1.165, 1.54) is 5.56 Å². The van der Waals surface area contributed by atoms with Gasteiger partial charge in [0.25, 0.3) is 0 Å². The lowest BCUT2D eigenvalue weighted by Gasteiger charge is -2.12. The maximum absolute atomic E-state index is 6.62. The molecule has 248 valence electrons. The zero-order chi connectivity index (χ0) is 35.1. The van der Waals surface area contributed by atoms with Crippen LogP contribution in [0.5, 0.6) is 0 Å². The lowest BCUT2D eigenvalue weighted by atomic mass is 9.92. The molecule has 0 spiro atoms. The summed E-state index contributed by atoms with van der Waals surface area (Å²) in [7, 11) is 0. The number of hydrogen-bond acceptors (Lipinski definition) is 4. The highest BCUT2D eigenvalue weighted by Crippen LogP contribution is 2.43. The highest BCUT2D eigenvalue weighted by molar-refractivity contribution is 6.22. The predicted molar refractivity (Wildman–Crippen MR) is 217 cm³/mol. The number of furan rings is 1. The van der Waals surface area contributed by atoms with Crippen LogP contribution in [0.15, 0.2) is 192 Å². The standard InChI is InChI=1S/C49H31N3O/c1-4-15-32(16-5-1)39-27-14-28-44-45(39)43-31-42(40-25-10-11-26-41(40)46(43)53-44)37-23-12-21-35(29-37)36-22-13-24-38(30-36)49-51-47(33-17-6-2-7-18-33)50-48(52-49)34-19-8-3-9-20-34/h1-31H. The average molecular weight is 678 g/mol. The summed E-state index contributed by atoms with van der Waals surface area (Å²) in [5.74, 6) is 1.92. The second-order valence-corrected chi connectivity index (χ2v) is 13.2. The molecule has 4 nitrogen and oxygen atoms in total. The van der Waals surface area contributed by atoms with Crippen molar-refractivity contribution < 1.29 is 4.42 Å². The van der Waals surface area contributed by atoms with Crippen LogP contribution in [-0.2, 0) is 0 Å². The lowest BCUT2D eigenvalue weighted by Crippen LogP contribution is -2.00. The van der Waals surface area contributed by atoms with Gasteiger partial charge in [-0.1, -0.05) is 164 Å². The van der Waals surface area contributed by atoms with E-state index in [0.29, 0.717) is 17.5 Å². The van der Waals surface area contributed by atoms with E-state index in [4.69, 9.17) is 19.4 Å². The first kappa shape index (κ1) is 30.6. The minimum atomic E-state index is 0.633. The highest BCUT2D eigenvalue weighted by Gasteiger charge is 2.18. The molecule has 0 aliphatic heterocycles. The molecule has 10 rings (SSSR count). The van der Waals surface area contributed by atoms with Gasteiger partial charge >= 0.3 is 0 Å². The fourth-order valence-corrected chi connectivity index (χ4v) is 7.39. The minimum Gasteiger partial charge on any atom is -0.455 e. The number of rotatable bonds is 6. The molecule has 8 aromatic carbocycles. The highest BCUT2D eigenvalue weighted by atomic mass is 16.3. The Balaban J connectivity index is 1.11. The molecule has 0 aliphatic rings. The van der Waals surface area contributed by atoms with Crippen molar-refractivity contribution in [2.75, 3.05) is 0 Å². The number of fused-ring (bicyclic) bond motifs is 5. The monoisotopic (exact) mass is 677 g/mol. The van der Waals surface area contributed by atoms with Gasteiger partial charge in [0.1, 0.15) is 11.2 Å². The van der Waals surface area contributed by atoms with Crippen LogP contribution in [0.25, 0.3) is 100 Å². The Bertz CT molecular complexity index is 2880. The minimum absolute atomic E-state index is 0.633. The molecule has 0 unspecified atom stereocenters. The van der Waals surface area contributed by atoms with Crippen molar-refractivity contribution in [2.24, 2.45) is 0 Å². The van der Waals surface area contributed by atoms with E-state index in [-0.39, 0.29) is 0 Å². The quantitative estimate of drug-likeness (QED) is 0.176. The molecule has 0 bridgehead atoms. The lowest BCUT2D eigenvalue weighted by molar-refractivity contribution is 0.673. The molecular weight excluding hydrogens is 647 g/mol. The smallest absolute Gasteiger partial charge is 0.164 e. The SMILES string of the molecule is c1ccc(-c2nc(-c3ccccc3)nc(-c3cccc(-c4cccc(-c5cc6c(oc7cccc(-c8ccccc8)c76)c6ccccc56)c4)c3)n2)cc1. The molecule has 0 radical (unpaired) electrons.